The topological polar surface area (TPSA) is 96.7 Å². The molecule has 0 aliphatic heterocycles. The number of nitriles is 1. The Kier molecular flexibility index (Phi) is 4.28. The van der Waals surface area contributed by atoms with E-state index in [1.165, 1.54) is 25.3 Å². The van der Waals surface area contributed by atoms with Crippen molar-refractivity contribution in [3.63, 3.8) is 0 Å². The van der Waals surface area contributed by atoms with E-state index in [0.29, 0.717) is 15.6 Å². The van der Waals surface area contributed by atoms with E-state index in [1.54, 1.807) is 6.07 Å². The minimum atomic E-state index is -4.78. The number of ether oxygens (including phenoxy) is 2. The number of rotatable bonds is 4. The molecule has 0 atom stereocenters. The van der Waals surface area contributed by atoms with Crippen LogP contribution >= 0.6 is 11.3 Å². The number of aromatic amines is 1. The lowest BCUT2D eigenvalue weighted by Gasteiger charge is -2.09. The summed E-state index contributed by atoms with van der Waals surface area (Å²) in [6, 6.07) is 7.27. The Balaban J connectivity index is 2.02. The molecule has 0 aliphatic rings. The zero-order valence-electron chi connectivity index (χ0n) is 12.5. The molecule has 0 saturated carbocycles. The molecule has 11 heteroatoms. The summed E-state index contributed by atoms with van der Waals surface area (Å²) in [7, 11) is 1.41. The van der Waals surface area contributed by atoms with Crippen LogP contribution in [0.25, 0.3) is 22.0 Å². The zero-order valence-corrected chi connectivity index (χ0v) is 13.3. The summed E-state index contributed by atoms with van der Waals surface area (Å²) < 4.78 is 46.2. The summed E-state index contributed by atoms with van der Waals surface area (Å²) in [4.78, 5) is 4.32. The van der Waals surface area contributed by atoms with E-state index in [-0.39, 0.29) is 22.8 Å². The quantitative estimate of drug-likeness (QED) is 0.759. The van der Waals surface area contributed by atoms with Crippen LogP contribution in [0.2, 0.25) is 0 Å². The second kappa shape index (κ2) is 6.40. The Bertz CT molecular complexity index is 945. The summed E-state index contributed by atoms with van der Waals surface area (Å²) in [6.45, 7) is 0. The van der Waals surface area contributed by atoms with Gasteiger partial charge in [-0.3, -0.25) is 0 Å². The summed E-state index contributed by atoms with van der Waals surface area (Å²) in [5.74, 6) is -0.361. The number of hydrogen-bond acceptors (Lipinski definition) is 7. The fraction of sp³-hybridized carbons (Fsp3) is 0.143. The van der Waals surface area contributed by atoms with E-state index in [0.717, 1.165) is 11.3 Å². The molecule has 0 fully saturated rings. The van der Waals surface area contributed by atoms with Crippen molar-refractivity contribution in [2.75, 3.05) is 7.11 Å². The summed E-state index contributed by atoms with van der Waals surface area (Å²) >= 11 is 1.10. The summed E-state index contributed by atoms with van der Waals surface area (Å²) in [5, 5.41) is 19.7. The van der Waals surface area contributed by atoms with Gasteiger partial charge in [0.2, 0.25) is 5.06 Å². The van der Waals surface area contributed by atoms with Gasteiger partial charge in [-0.15, -0.1) is 18.3 Å². The molecule has 0 aliphatic carbocycles. The van der Waals surface area contributed by atoms with Crippen molar-refractivity contribution in [3.05, 3.63) is 30.0 Å². The summed E-state index contributed by atoms with van der Waals surface area (Å²) in [6.07, 6.45) is -4.78. The molecule has 0 unspecified atom stereocenters. The van der Waals surface area contributed by atoms with E-state index < -0.39 is 6.36 Å². The molecule has 128 valence electrons. The molecule has 0 radical (unpaired) electrons. The lowest BCUT2D eigenvalue weighted by Crippen LogP contribution is -2.17. The predicted octanol–water partition coefficient (Wildman–Crippen LogP) is 3.37. The molecule has 7 nitrogen and oxygen atoms in total. The van der Waals surface area contributed by atoms with Crippen molar-refractivity contribution < 1.29 is 22.6 Å². The molecule has 0 bridgehead atoms. The van der Waals surface area contributed by atoms with Crippen molar-refractivity contribution in [2.45, 2.75) is 6.36 Å². The summed E-state index contributed by atoms with van der Waals surface area (Å²) in [5.41, 5.74) is 0.905. The van der Waals surface area contributed by atoms with Crippen molar-refractivity contribution in [3.8, 4) is 38.8 Å². The van der Waals surface area contributed by atoms with Gasteiger partial charge < -0.3 is 9.47 Å². The van der Waals surface area contributed by atoms with Crippen LogP contribution in [0.4, 0.5) is 13.2 Å². The number of methoxy groups -OCH3 is 1. The largest absolute Gasteiger partial charge is 0.573 e. The number of H-pyrrole nitrogens is 1. The van der Waals surface area contributed by atoms with Crippen LogP contribution in [0.15, 0.2) is 24.3 Å². The Labute approximate surface area is 142 Å². The second-order valence-electron chi connectivity index (χ2n) is 4.57. The maximum Gasteiger partial charge on any atom is 0.573 e. The van der Waals surface area contributed by atoms with Gasteiger partial charge in [0.25, 0.3) is 0 Å². The van der Waals surface area contributed by atoms with Gasteiger partial charge in [0.1, 0.15) is 22.5 Å². The minimum absolute atomic E-state index is 0.0318. The predicted molar refractivity (Wildman–Crippen MR) is 80.9 cm³/mol. The van der Waals surface area contributed by atoms with Gasteiger partial charge in [-0.2, -0.15) is 15.6 Å². The molecule has 2 heterocycles. The van der Waals surface area contributed by atoms with Gasteiger partial charge in [-0.25, -0.2) is 4.98 Å². The highest BCUT2D eigenvalue weighted by Gasteiger charge is 2.31. The van der Waals surface area contributed by atoms with Crippen LogP contribution in [0.5, 0.6) is 10.8 Å². The van der Waals surface area contributed by atoms with Crippen LogP contribution in [-0.4, -0.2) is 33.9 Å². The van der Waals surface area contributed by atoms with Gasteiger partial charge >= 0.3 is 6.36 Å². The van der Waals surface area contributed by atoms with E-state index in [9.17, 15) is 13.2 Å². The molecule has 0 saturated heterocycles. The number of alkyl halides is 3. The van der Waals surface area contributed by atoms with Crippen molar-refractivity contribution in [1.29, 1.82) is 5.26 Å². The lowest BCUT2D eigenvalue weighted by molar-refractivity contribution is -0.274. The molecule has 25 heavy (non-hydrogen) atoms. The normalized spacial score (nSPS) is 11.2. The number of nitrogens with zero attached hydrogens (tertiary/aromatic N) is 4. The molecule has 0 spiro atoms. The average Bonchev–Trinajstić information content (AvgIpc) is 3.19. The maximum absolute atomic E-state index is 12.4. The van der Waals surface area contributed by atoms with Gasteiger partial charge in [0.05, 0.1) is 7.11 Å². The molecular formula is C14H8F3N5O2S. The van der Waals surface area contributed by atoms with Crippen molar-refractivity contribution in [1.82, 2.24) is 20.4 Å². The van der Waals surface area contributed by atoms with Crippen LogP contribution in [0, 0.1) is 11.3 Å². The molecule has 1 N–H and O–H groups in total. The molecule has 0 amide bonds. The molecule has 3 aromatic rings. The standard InChI is InChI=1S/C14H8F3N5O2S/c1-23-13-11(10-9(6-18)20-22-21-10)19-12(25-13)7-3-2-4-8(5-7)24-14(15,16)17/h2-5H,1H3,(H,20,21,22). The Morgan fingerprint density at radius 3 is 2.72 bits per heavy atom. The van der Waals surface area contributed by atoms with Crippen molar-refractivity contribution >= 4 is 11.3 Å². The van der Waals surface area contributed by atoms with Crippen LogP contribution in [-0.2, 0) is 0 Å². The van der Waals surface area contributed by atoms with Gasteiger partial charge in [0.15, 0.2) is 11.4 Å². The first-order chi connectivity index (χ1) is 11.9. The highest BCUT2D eigenvalue weighted by molar-refractivity contribution is 7.17. The Hall–Kier alpha value is -3.13. The Morgan fingerprint density at radius 2 is 2.04 bits per heavy atom. The highest BCUT2D eigenvalue weighted by Crippen LogP contribution is 2.40. The smallest absolute Gasteiger partial charge is 0.486 e. The second-order valence-corrected chi connectivity index (χ2v) is 5.53. The first-order valence-corrected chi connectivity index (χ1v) is 7.45. The van der Waals surface area contributed by atoms with Crippen LogP contribution < -0.4 is 9.47 Å². The number of thiazole rings is 1. The average molecular weight is 367 g/mol. The minimum Gasteiger partial charge on any atom is -0.486 e. The third kappa shape index (κ3) is 3.53. The van der Waals surface area contributed by atoms with E-state index >= 15 is 0 Å². The van der Waals surface area contributed by atoms with Gasteiger partial charge in [-0.1, -0.05) is 23.5 Å². The SMILES string of the molecule is COc1sc(-c2cccc(OC(F)(F)F)c2)nc1-c1n[nH]nc1C#N. The lowest BCUT2D eigenvalue weighted by atomic mass is 10.2. The van der Waals surface area contributed by atoms with Gasteiger partial charge in [0, 0.05) is 5.56 Å². The number of nitrogens with one attached hydrogen (secondary N) is 1. The first kappa shape index (κ1) is 16.7. The molecule has 3 rings (SSSR count). The van der Waals surface area contributed by atoms with E-state index in [2.05, 4.69) is 25.1 Å². The fourth-order valence-corrected chi connectivity index (χ4v) is 2.90. The molecule has 1 aromatic carbocycles. The van der Waals surface area contributed by atoms with E-state index in [1.807, 2.05) is 6.07 Å². The van der Waals surface area contributed by atoms with Gasteiger partial charge in [-0.05, 0) is 12.1 Å². The van der Waals surface area contributed by atoms with Crippen LogP contribution in [0.3, 0.4) is 0 Å². The van der Waals surface area contributed by atoms with E-state index in [4.69, 9.17) is 10.00 Å². The first-order valence-electron chi connectivity index (χ1n) is 6.63. The fourth-order valence-electron chi connectivity index (χ4n) is 2.02. The number of halogens is 3. The maximum atomic E-state index is 12.4. The molecular weight excluding hydrogens is 359 g/mol. The van der Waals surface area contributed by atoms with Crippen molar-refractivity contribution in [2.24, 2.45) is 0 Å². The molecule has 2 aromatic heterocycles. The highest BCUT2D eigenvalue weighted by atomic mass is 32.1. The van der Waals surface area contributed by atoms with Crippen LogP contribution in [0.1, 0.15) is 5.69 Å². The third-order valence-corrected chi connectivity index (χ3v) is 4.04. The number of hydrogen-bond donors (Lipinski definition) is 1. The zero-order chi connectivity index (χ0) is 18.0. The number of benzene rings is 1. The third-order valence-electron chi connectivity index (χ3n) is 2.97. The number of aromatic nitrogens is 4. The Morgan fingerprint density at radius 1 is 1.24 bits per heavy atom. The monoisotopic (exact) mass is 367 g/mol.